The summed E-state index contributed by atoms with van der Waals surface area (Å²) in [7, 11) is 1.56. The van der Waals surface area contributed by atoms with Crippen molar-refractivity contribution in [2.75, 3.05) is 20.3 Å². The number of nitro groups is 1. The summed E-state index contributed by atoms with van der Waals surface area (Å²) in [5.74, 6) is 0.416. The Balaban J connectivity index is 2.70. The summed E-state index contributed by atoms with van der Waals surface area (Å²) in [5, 5.41) is 10.6. The Hall–Kier alpha value is -1.33. The van der Waals surface area contributed by atoms with Crippen molar-refractivity contribution in [2.45, 2.75) is 0 Å². The van der Waals surface area contributed by atoms with Crippen LogP contribution in [0.3, 0.4) is 0 Å². The van der Waals surface area contributed by atoms with E-state index in [-0.39, 0.29) is 10.7 Å². The minimum Gasteiger partial charge on any atom is -0.490 e. The SMILES string of the molecule is COCCOc1ccc([N+](=O)[O-])cc1Cl. The van der Waals surface area contributed by atoms with Gasteiger partial charge in [0.05, 0.1) is 16.6 Å². The van der Waals surface area contributed by atoms with E-state index >= 15 is 0 Å². The number of rotatable bonds is 5. The highest BCUT2D eigenvalue weighted by Gasteiger charge is 2.09. The van der Waals surface area contributed by atoms with Gasteiger partial charge in [0.25, 0.3) is 5.69 Å². The largest absolute Gasteiger partial charge is 0.490 e. The van der Waals surface area contributed by atoms with E-state index in [0.717, 1.165) is 0 Å². The molecule has 0 N–H and O–H groups in total. The van der Waals surface area contributed by atoms with Crippen LogP contribution in [0.1, 0.15) is 0 Å². The van der Waals surface area contributed by atoms with Gasteiger partial charge in [-0.05, 0) is 6.07 Å². The Kier molecular flexibility index (Phi) is 4.33. The molecule has 0 aromatic heterocycles. The van der Waals surface area contributed by atoms with Crippen LogP contribution in [0.5, 0.6) is 5.75 Å². The van der Waals surface area contributed by atoms with E-state index in [2.05, 4.69) is 0 Å². The Morgan fingerprint density at radius 1 is 1.47 bits per heavy atom. The summed E-state index contributed by atoms with van der Waals surface area (Å²) in [6.45, 7) is 0.793. The molecule has 0 fully saturated rings. The molecule has 0 bridgehead atoms. The van der Waals surface area contributed by atoms with E-state index in [4.69, 9.17) is 21.1 Å². The van der Waals surface area contributed by atoms with Crippen molar-refractivity contribution in [1.29, 1.82) is 0 Å². The minimum absolute atomic E-state index is 0.0564. The fraction of sp³-hybridized carbons (Fsp3) is 0.333. The summed E-state index contributed by atoms with van der Waals surface area (Å²) in [6.07, 6.45) is 0. The third kappa shape index (κ3) is 3.38. The predicted octanol–water partition coefficient (Wildman–Crippen LogP) is 2.27. The molecule has 1 aromatic carbocycles. The van der Waals surface area contributed by atoms with Crippen molar-refractivity contribution >= 4 is 17.3 Å². The molecule has 0 aliphatic carbocycles. The maximum atomic E-state index is 10.4. The van der Waals surface area contributed by atoms with Crippen LogP contribution in [-0.4, -0.2) is 25.2 Å². The molecule has 0 heterocycles. The van der Waals surface area contributed by atoms with Crippen LogP contribution in [0, 0.1) is 10.1 Å². The zero-order chi connectivity index (χ0) is 11.3. The van der Waals surface area contributed by atoms with Crippen molar-refractivity contribution in [3.63, 3.8) is 0 Å². The Labute approximate surface area is 91.7 Å². The molecular weight excluding hydrogens is 222 g/mol. The summed E-state index contributed by atoms with van der Waals surface area (Å²) in [6, 6.07) is 4.06. The number of hydrogen-bond donors (Lipinski definition) is 0. The third-order valence-corrected chi connectivity index (χ3v) is 1.97. The molecule has 0 atom stereocenters. The molecule has 0 spiro atoms. The van der Waals surface area contributed by atoms with E-state index < -0.39 is 4.92 Å². The van der Waals surface area contributed by atoms with Crippen LogP contribution < -0.4 is 4.74 Å². The molecule has 6 heteroatoms. The first-order valence-corrected chi connectivity index (χ1v) is 4.58. The van der Waals surface area contributed by atoms with Gasteiger partial charge >= 0.3 is 0 Å². The highest BCUT2D eigenvalue weighted by Crippen LogP contribution is 2.28. The highest BCUT2D eigenvalue weighted by atomic mass is 35.5. The van der Waals surface area contributed by atoms with Gasteiger partial charge in [-0.3, -0.25) is 10.1 Å². The zero-order valence-corrected chi connectivity index (χ0v) is 8.86. The molecule has 5 nitrogen and oxygen atoms in total. The molecule has 0 amide bonds. The number of nitro benzene ring substituents is 1. The Bertz CT molecular complexity index is 356. The average molecular weight is 232 g/mol. The molecule has 0 aliphatic heterocycles. The lowest BCUT2D eigenvalue weighted by Crippen LogP contribution is -2.04. The van der Waals surface area contributed by atoms with Crippen LogP contribution in [0.25, 0.3) is 0 Å². The standard InChI is InChI=1S/C9H10ClNO4/c1-14-4-5-15-9-3-2-7(11(12)13)6-8(9)10/h2-3,6H,4-5H2,1H3. The molecule has 82 valence electrons. The monoisotopic (exact) mass is 231 g/mol. The van der Waals surface area contributed by atoms with Crippen molar-refractivity contribution in [1.82, 2.24) is 0 Å². The van der Waals surface area contributed by atoms with Gasteiger partial charge in [-0.15, -0.1) is 0 Å². The van der Waals surface area contributed by atoms with Gasteiger partial charge in [-0.25, -0.2) is 0 Å². The van der Waals surface area contributed by atoms with Crippen LogP contribution in [0.4, 0.5) is 5.69 Å². The zero-order valence-electron chi connectivity index (χ0n) is 8.10. The number of halogens is 1. The lowest BCUT2D eigenvalue weighted by Gasteiger charge is -2.06. The van der Waals surface area contributed by atoms with E-state index in [1.54, 1.807) is 7.11 Å². The number of non-ortho nitro benzene ring substituents is 1. The molecule has 0 unspecified atom stereocenters. The quantitative estimate of drug-likeness (QED) is 0.443. The number of benzene rings is 1. The molecule has 0 radical (unpaired) electrons. The number of ether oxygens (including phenoxy) is 2. The number of methoxy groups -OCH3 is 1. The lowest BCUT2D eigenvalue weighted by atomic mass is 10.3. The van der Waals surface area contributed by atoms with Gasteiger partial charge in [0, 0.05) is 19.2 Å². The van der Waals surface area contributed by atoms with E-state index in [1.165, 1.54) is 18.2 Å². The second-order valence-corrected chi connectivity index (χ2v) is 3.12. The number of nitrogens with zero attached hydrogens (tertiary/aromatic N) is 1. The summed E-state index contributed by atoms with van der Waals surface area (Å²) >= 11 is 5.78. The molecule has 1 aromatic rings. The summed E-state index contributed by atoms with van der Waals surface area (Å²) in [5.41, 5.74) is -0.0564. The maximum absolute atomic E-state index is 10.4. The van der Waals surface area contributed by atoms with Crippen LogP contribution in [0.2, 0.25) is 5.02 Å². The molecule has 0 aliphatic rings. The highest BCUT2D eigenvalue weighted by molar-refractivity contribution is 6.32. The van der Waals surface area contributed by atoms with Crippen LogP contribution in [-0.2, 0) is 4.74 Å². The van der Waals surface area contributed by atoms with Crippen LogP contribution >= 0.6 is 11.6 Å². The van der Waals surface area contributed by atoms with Gasteiger partial charge in [-0.2, -0.15) is 0 Å². The van der Waals surface area contributed by atoms with E-state index in [0.29, 0.717) is 19.0 Å². The Morgan fingerprint density at radius 3 is 2.73 bits per heavy atom. The third-order valence-electron chi connectivity index (χ3n) is 1.67. The summed E-state index contributed by atoms with van der Waals surface area (Å²) in [4.78, 5) is 9.90. The fourth-order valence-corrected chi connectivity index (χ4v) is 1.18. The fourth-order valence-electron chi connectivity index (χ4n) is 0.955. The molecule has 1 rings (SSSR count). The van der Waals surface area contributed by atoms with Gasteiger partial charge in [0.1, 0.15) is 12.4 Å². The van der Waals surface area contributed by atoms with Crippen molar-refractivity contribution in [3.8, 4) is 5.75 Å². The van der Waals surface area contributed by atoms with E-state index in [9.17, 15) is 10.1 Å². The molecular formula is C9H10ClNO4. The van der Waals surface area contributed by atoms with E-state index in [1.807, 2.05) is 0 Å². The first-order valence-electron chi connectivity index (χ1n) is 4.21. The van der Waals surface area contributed by atoms with Crippen molar-refractivity contribution in [2.24, 2.45) is 0 Å². The first-order chi connectivity index (χ1) is 7.15. The van der Waals surface area contributed by atoms with Gasteiger partial charge in [0.2, 0.25) is 0 Å². The second-order valence-electron chi connectivity index (χ2n) is 2.71. The van der Waals surface area contributed by atoms with Gasteiger partial charge in [0.15, 0.2) is 0 Å². The average Bonchev–Trinajstić information content (AvgIpc) is 2.20. The Morgan fingerprint density at radius 2 is 2.20 bits per heavy atom. The lowest BCUT2D eigenvalue weighted by molar-refractivity contribution is -0.384. The summed E-state index contributed by atoms with van der Waals surface area (Å²) < 4.78 is 10.0. The van der Waals surface area contributed by atoms with Gasteiger partial charge in [-0.1, -0.05) is 11.6 Å². The normalized spacial score (nSPS) is 10.0. The second kappa shape index (κ2) is 5.53. The van der Waals surface area contributed by atoms with Crippen LogP contribution in [0.15, 0.2) is 18.2 Å². The predicted molar refractivity (Wildman–Crippen MR) is 55.5 cm³/mol. The molecule has 15 heavy (non-hydrogen) atoms. The number of hydrogen-bond acceptors (Lipinski definition) is 4. The molecule has 0 saturated carbocycles. The van der Waals surface area contributed by atoms with Gasteiger partial charge < -0.3 is 9.47 Å². The van der Waals surface area contributed by atoms with Crippen molar-refractivity contribution < 1.29 is 14.4 Å². The maximum Gasteiger partial charge on any atom is 0.271 e. The topological polar surface area (TPSA) is 61.6 Å². The smallest absolute Gasteiger partial charge is 0.271 e. The molecule has 0 saturated heterocycles. The van der Waals surface area contributed by atoms with Crippen molar-refractivity contribution in [3.05, 3.63) is 33.3 Å². The first kappa shape index (κ1) is 11.7. The minimum atomic E-state index is -0.509.